The molecule has 0 aliphatic carbocycles. The van der Waals surface area contributed by atoms with E-state index in [1.807, 2.05) is 32.0 Å². The lowest BCUT2D eigenvalue weighted by atomic mass is 10.1. The molecule has 2 rings (SSSR count). The third kappa shape index (κ3) is 3.30. The van der Waals surface area contributed by atoms with Crippen LogP contribution in [0.1, 0.15) is 29.0 Å². The fraction of sp³-hybridized carbons (Fsp3) is 0.333. The molecule has 0 saturated heterocycles. The summed E-state index contributed by atoms with van der Waals surface area (Å²) in [6.45, 7) is 6.05. The molecule has 0 spiro atoms. The number of ether oxygens (including phenoxy) is 1. The summed E-state index contributed by atoms with van der Waals surface area (Å²) in [5, 5.41) is 2.74. The number of thiophene rings is 1. The van der Waals surface area contributed by atoms with Crippen molar-refractivity contribution in [2.75, 3.05) is 0 Å². The van der Waals surface area contributed by atoms with Gasteiger partial charge in [-0.1, -0.05) is 17.7 Å². The molecule has 2 atom stereocenters. The van der Waals surface area contributed by atoms with Crippen molar-refractivity contribution < 1.29 is 4.74 Å². The SMILES string of the molecule is Cc1ccc(Cl)cc1OC(c1sccc1C)C(C)N. The molecular formula is C15H18ClNOS. The van der Waals surface area contributed by atoms with Crippen LogP contribution in [0.15, 0.2) is 29.6 Å². The fourth-order valence-electron chi connectivity index (χ4n) is 1.91. The maximum absolute atomic E-state index is 6.11. The number of benzene rings is 1. The van der Waals surface area contributed by atoms with Crippen molar-refractivity contribution in [3.63, 3.8) is 0 Å². The van der Waals surface area contributed by atoms with E-state index < -0.39 is 0 Å². The molecule has 0 fully saturated rings. The molecule has 2 nitrogen and oxygen atoms in total. The first-order valence-corrected chi connectivity index (χ1v) is 7.47. The lowest BCUT2D eigenvalue weighted by Gasteiger charge is -2.23. The lowest BCUT2D eigenvalue weighted by Crippen LogP contribution is -2.29. The molecule has 0 saturated carbocycles. The van der Waals surface area contributed by atoms with Gasteiger partial charge in [0.25, 0.3) is 0 Å². The van der Waals surface area contributed by atoms with E-state index in [-0.39, 0.29) is 12.1 Å². The van der Waals surface area contributed by atoms with Crippen LogP contribution in [0.25, 0.3) is 0 Å². The van der Waals surface area contributed by atoms with Gasteiger partial charge < -0.3 is 10.5 Å². The van der Waals surface area contributed by atoms with Gasteiger partial charge in [-0.15, -0.1) is 11.3 Å². The summed E-state index contributed by atoms with van der Waals surface area (Å²) in [6, 6.07) is 7.66. The van der Waals surface area contributed by atoms with Crippen LogP contribution in [-0.4, -0.2) is 6.04 Å². The Morgan fingerprint density at radius 1 is 1.21 bits per heavy atom. The second-order valence-corrected chi connectivity index (χ2v) is 6.16. The van der Waals surface area contributed by atoms with Crippen LogP contribution >= 0.6 is 22.9 Å². The molecule has 4 heteroatoms. The highest BCUT2D eigenvalue weighted by atomic mass is 35.5. The first-order valence-electron chi connectivity index (χ1n) is 6.21. The third-order valence-corrected chi connectivity index (χ3v) is 4.36. The Hall–Kier alpha value is -1.03. The molecule has 2 aromatic rings. The number of hydrogen-bond acceptors (Lipinski definition) is 3. The van der Waals surface area contributed by atoms with Crippen LogP contribution in [0.2, 0.25) is 5.02 Å². The standard InChI is InChI=1S/C15H18ClNOS/c1-9-4-5-12(16)8-13(9)18-14(11(3)17)15-10(2)6-7-19-15/h4-8,11,14H,17H2,1-3H3. The monoisotopic (exact) mass is 295 g/mol. The van der Waals surface area contributed by atoms with Crippen molar-refractivity contribution in [2.45, 2.75) is 32.9 Å². The zero-order valence-corrected chi connectivity index (χ0v) is 12.9. The number of nitrogens with two attached hydrogens (primary N) is 1. The molecule has 0 radical (unpaired) electrons. The highest BCUT2D eigenvalue weighted by Crippen LogP contribution is 2.33. The predicted molar refractivity (Wildman–Crippen MR) is 82.3 cm³/mol. The molecule has 0 aliphatic rings. The lowest BCUT2D eigenvalue weighted by molar-refractivity contribution is 0.182. The summed E-state index contributed by atoms with van der Waals surface area (Å²) in [6.07, 6.45) is -0.142. The van der Waals surface area contributed by atoms with Crippen molar-refractivity contribution in [1.82, 2.24) is 0 Å². The molecule has 102 valence electrons. The first kappa shape index (κ1) is 14.4. The Morgan fingerprint density at radius 2 is 1.95 bits per heavy atom. The summed E-state index contributed by atoms with van der Waals surface area (Å²) in [4.78, 5) is 1.18. The van der Waals surface area contributed by atoms with Crippen molar-refractivity contribution in [3.05, 3.63) is 50.7 Å². The minimum absolute atomic E-state index is 0.0873. The smallest absolute Gasteiger partial charge is 0.148 e. The van der Waals surface area contributed by atoms with Gasteiger partial charge >= 0.3 is 0 Å². The highest BCUT2D eigenvalue weighted by molar-refractivity contribution is 7.10. The molecule has 1 heterocycles. The van der Waals surface area contributed by atoms with E-state index in [4.69, 9.17) is 22.1 Å². The number of aryl methyl sites for hydroxylation is 2. The van der Waals surface area contributed by atoms with E-state index in [1.54, 1.807) is 11.3 Å². The van der Waals surface area contributed by atoms with E-state index >= 15 is 0 Å². The molecular weight excluding hydrogens is 278 g/mol. The second-order valence-electron chi connectivity index (χ2n) is 4.78. The van der Waals surface area contributed by atoms with Gasteiger partial charge in [0.1, 0.15) is 11.9 Å². The molecule has 0 bridgehead atoms. The third-order valence-electron chi connectivity index (χ3n) is 3.04. The quantitative estimate of drug-likeness (QED) is 0.902. The predicted octanol–water partition coefficient (Wildman–Crippen LogP) is 4.49. The summed E-state index contributed by atoms with van der Waals surface area (Å²) >= 11 is 7.70. The van der Waals surface area contributed by atoms with E-state index in [2.05, 4.69) is 18.4 Å². The maximum Gasteiger partial charge on any atom is 0.148 e. The van der Waals surface area contributed by atoms with Crippen LogP contribution in [0.5, 0.6) is 5.75 Å². The molecule has 1 aromatic carbocycles. The Kier molecular flexibility index (Phi) is 4.50. The van der Waals surface area contributed by atoms with E-state index in [1.165, 1.54) is 10.4 Å². The Morgan fingerprint density at radius 3 is 2.53 bits per heavy atom. The summed E-state index contributed by atoms with van der Waals surface area (Å²) in [5.74, 6) is 0.794. The average Bonchev–Trinajstić information content (AvgIpc) is 2.76. The Balaban J connectivity index is 2.32. The van der Waals surface area contributed by atoms with Gasteiger partial charge in [-0.25, -0.2) is 0 Å². The van der Waals surface area contributed by atoms with Gasteiger partial charge in [-0.3, -0.25) is 0 Å². The van der Waals surface area contributed by atoms with Crippen LogP contribution in [-0.2, 0) is 0 Å². The van der Waals surface area contributed by atoms with Crippen molar-refractivity contribution in [3.8, 4) is 5.75 Å². The average molecular weight is 296 g/mol. The Labute approximate surface area is 123 Å². The maximum atomic E-state index is 6.11. The van der Waals surface area contributed by atoms with E-state index in [0.717, 1.165) is 11.3 Å². The van der Waals surface area contributed by atoms with E-state index in [0.29, 0.717) is 5.02 Å². The molecule has 1 aromatic heterocycles. The van der Waals surface area contributed by atoms with Crippen molar-refractivity contribution >= 4 is 22.9 Å². The summed E-state index contributed by atoms with van der Waals surface area (Å²) < 4.78 is 6.11. The van der Waals surface area contributed by atoms with Gasteiger partial charge in [0.15, 0.2) is 0 Å². The fourth-order valence-corrected chi connectivity index (χ4v) is 3.14. The van der Waals surface area contributed by atoms with Crippen LogP contribution in [0, 0.1) is 13.8 Å². The molecule has 0 aliphatic heterocycles. The van der Waals surface area contributed by atoms with Crippen LogP contribution < -0.4 is 10.5 Å². The molecule has 2 unspecified atom stereocenters. The zero-order chi connectivity index (χ0) is 14.0. The molecule has 2 N–H and O–H groups in total. The van der Waals surface area contributed by atoms with Gasteiger partial charge in [-0.2, -0.15) is 0 Å². The highest BCUT2D eigenvalue weighted by Gasteiger charge is 2.22. The number of halogens is 1. The Bertz CT molecular complexity index is 565. The van der Waals surface area contributed by atoms with Gasteiger partial charge in [-0.05, 0) is 55.5 Å². The van der Waals surface area contributed by atoms with Crippen LogP contribution in [0.3, 0.4) is 0 Å². The number of rotatable bonds is 4. The summed E-state index contributed by atoms with van der Waals surface area (Å²) in [5.41, 5.74) is 8.36. The normalized spacial score (nSPS) is 14.2. The van der Waals surface area contributed by atoms with E-state index in [9.17, 15) is 0 Å². The van der Waals surface area contributed by atoms with Crippen LogP contribution in [0.4, 0.5) is 0 Å². The number of hydrogen-bond donors (Lipinski definition) is 1. The molecule has 19 heavy (non-hydrogen) atoms. The minimum atomic E-state index is -0.142. The van der Waals surface area contributed by atoms with Gasteiger partial charge in [0, 0.05) is 15.9 Å². The first-order chi connectivity index (χ1) is 8.99. The topological polar surface area (TPSA) is 35.2 Å². The van der Waals surface area contributed by atoms with Gasteiger partial charge in [0.2, 0.25) is 0 Å². The van der Waals surface area contributed by atoms with Crippen molar-refractivity contribution in [1.29, 1.82) is 0 Å². The zero-order valence-electron chi connectivity index (χ0n) is 11.3. The minimum Gasteiger partial charge on any atom is -0.483 e. The van der Waals surface area contributed by atoms with Crippen molar-refractivity contribution in [2.24, 2.45) is 5.73 Å². The summed E-state index contributed by atoms with van der Waals surface area (Å²) in [7, 11) is 0. The molecule has 0 amide bonds. The van der Waals surface area contributed by atoms with Gasteiger partial charge in [0.05, 0.1) is 0 Å². The largest absolute Gasteiger partial charge is 0.483 e. The second kappa shape index (κ2) is 5.95.